The summed E-state index contributed by atoms with van der Waals surface area (Å²) >= 11 is 6.41. The number of aromatic nitrogens is 1. The molecule has 0 saturated heterocycles. The number of benzene rings is 1. The maximum atomic E-state index is 11.4. The molecule has 1 aliphatic heterocycles. The van der Waals surface area contributed by atoms with Gasteiger partial charge in [-0.2, -0.15) is 5.10 Å². The Morgan fingerprint density at radius 3 is 2.76 bits per heavy atom. The number of aromatic hydroxyl groups is 1. The summed E-state index contributed by atoms with van der Waals surface area (Å²) in [5.41, 5.74) is 2.33. The molecule has 0 spiro atoms. The first-order chi connectivity index (χ1) is 12.0. The van der Waals surface area contributed by atoms with Gasteiger partial charge in [-0.15, -0.1) is 16.4 Å². The first-order valence-corrected chi connectivity index (χ1v) is 8.81. The van der Waals surface area contributed by atoms with Gasteiger partial charge in [0.2, 0.25) is 5.88 Å². The molecule has 2 aromatic rings. The molecule has 1 aliphatic rings. The number of thiazole rings is 1. The van der Waals surface area contributed by atoms with Crippen LogP contribution in [0.25, 0.3) is 6.08 Å². The van der Waals surface area contributed by atoms with E-state index in [9.17, 15) is 15.0 Å². The van der Waals surface area contributed by atoms with Gasteiger partial charge in [-0.25, -0.2) is 4.79 Å². The maximum absolute atomic E-state index is 11.4. The highest BCUT2D eigenvalue weighted by atomic mass is 32.1. The molecule has 0 radical (unpaired) electrons. The van der Waals surface area contributed by atoms with Gasteiger partial charge in [-0.05, 0) is 24.7 Å². The van der Waals surface area contributed by atoms with Crippen LogP contribution in [-0.2, 0) is 4.79 Å². The minimum atomic E-state index is -1.03. The summed E-state index contributed by atoms with van der Waals surface area (Å²) in [6.07, 6.45) is 3.65. The Morgan fingerprint density at radius 1 is 1.40 bits per heavy atom. The number of rotatable bonds is 5. The number of hydrogen-bond acceptors (Lipinski definition) is 6. The zero-order valence-corrected chi connectivity index (χ0v) is 14.9. The van der Waals surface area contributed by atoms with Gasteiger partial charge in [0, 0.05) is 11.1 Å². The molecule has 0 bridgehead atoms. The summed E-state index contributed by atoms with van der Waals surface area (Å²) in [5, 5.41) is 27.9. The SMILES string of the molecule is CC[C@@H](C(=O)O)n1c(O)c(/C=C2\C=NN=C2c2ccccc2)sc1=S. The van der Waals surface area contributed by atoms with Crippen molar-refractivity contribution in [3.05, 3.63) is 50.3 Å². The third-order valence-electron chi connectivity index (χ3n) is 3.79. The Balaban J connectivity index is 2.03. The van der Waals surface area contributed by atoms with E-state index in [1.54, 1.807) is 19.2 Å². The molecule has 0 aliphatic carbocycles. The van der Waals surface area contributed by atoms with E-state index in [2.05, 4.69) is 10.2 Å². The van der Waals surface area contributed by atoms with Gasteiger partial charge in [0.1, 0.15) is 11.8 Å². The molecule has 1 atom stereocenters. The molecule has 0 unspecified atom stereocenters. The Kier molecular flexibility index (Phi) is 4.91. The number of carbonyl (C=O) groups is 1. The number of carboxylic acid groups (broad SMARTS) is 1. The average molecular weight is 373 g/mol. The van der Waals surface area contributed by atoms with Gasteiger partial charge in [0.15, 0.2) is 3.95 Å². The number of carboxylic acids is 1. The zero-order chi connectivity index (χ0) is 18.0. The highest BCUT2D eigenvalue weighted by Crippen LogP contribution is 2.33. The molecule has 2 heterocycles. The van der Waals surface area contributed by atoms with Crippen LogP contribution in [-0.4, -0.2) is 32.7 Å². The van der Waals surface area contributed by atoms with Crippen LogP contribution >= 0.6 is 23.6 Å². The zero-order valence-electron chi connectivity index (χ0n) is 13.3. The number of allylic oxidation sites excluding steroid dienone is 1. The smallest absolute Gasteiger partial charge is 0.326 e. The van der Waals surface area contributed by atoms with Gasteiger partial charge < -0.3 is 10.2 Å². The number of aliphatic carboxylic acids is 1. The van der Waals surface area contributed by atoms with Crippen molar-refractivity contribution in [1.29, 1.82) is 0 Å². The quantitative estimate of drug-likeness (QED) is 0.778. The van der Waals surface area contributed by atoms with Crippen LogP contribution in [0.15, 0.2) is 46.1 Å². The summed E-state index contributed by atoms with van der Waals surface area (Å²) < 4.78 is 1.59. The lowest BCUT2D eigenvalue weighted by Crippen LogP contribution is -2.17. The molecule has 0 saturated carbocycles. The van der Waals surface area contributed by atoms with Crippen LogP contribution in [0, 0.1) is 3.95 Å². The predicted molar refractivity (Wildman–Crippen MR) is 101 cm³/mol. The second-order valence-electron chi connectivity index (χ2n) is 5.35. The minimum Gasteiger partial charge on any atom is -0.493 e. The number of hydrogen-bond donors (Lipinski definition) is 2. The van der Waals surface area contributed by atoms with Crippen LogP contribution in [0.4, 0.5) is 0 Å². The Labute approximate surface area is 153 Å². The van der Waals surface area contributed by atoms with E-state index in [1.165, 1.54) is 4.57 Å². The van der Waals surface area contributed by atoms with Crippen molar-refractivity contribution in [3.63, 3.8) is 0 Å². The van der Waals surface area contributed by atoms with E-state index in [4.69, 9.17) is 12.2 Å². The monoisotopic (exact) mass is 373 g/mol. The van der Waals surface area contributed by atoms with Crippen LogP contribution in [0.1, 0.15) is 29.8 Å². The van der Waals surface area contributed by atoms with E-state index in [1.807, 2.05) is 30.3 Å². The summed E-state index contributed by atoms with van der Waals surface area (Å²) in [5.74, 6) is -1.18. The van der Waals surface area contributed by atoms with E-state index < -0.39 is 12.0 Å². The van der Waals surface area contributed by atoms with Crippen LogP contribution in [0.3, 0.4) is 0 Å². The van der Waals surface area contributed by atoms with Gasteiger partial charge >= 0.3 is 5.97 Å². The van der Waals surface area contributed by atoms with Crippen LogP contribution < -0.4 is 0 Å². The summed E-state index contributed by atoms with van der Waals surface area (Å²) in [7, 11) is 0. The van der Waals surface area contributed by atoms with Crippen LogP contribution in [0.5, 0.6) is 5.88 Å². The molecular formula is C17H15N3O3S2. The fourth-order valence-corrected chi connectivity index (χ4v) is 3.92. The fraction of sp³-hybridized carbons (Fsp3) is 0.176. The van der Waals surface area contributed by atoms with Gasteiger partial charge in [0.05, 0.1) is 11.1 Å². The van der Waals surface area contributed by atoms with Crippen molar-refractivity contribution in [1.82, 2.24) is 4.57 Å². The van der Waals surface area contributed by atoms with Crippen LogP contribution in [0.2, 0.25) is 0 Å². The topological polar surface area (TPSA) is 87.2 Å². The normalized spacial score (nSPS) is 16.2. The molecule has 128 valence electrons. The molecule has 0 amide bonds. The van der Waals surface area contributed by atoms with E-state index in [0.717, 1.165) is 22.5 Å². The minimum absolute atomic E-state index is 0.149. The van der Waals surface area contributed by atoms with Crippen molar-refractivity contribution in [2.75, 3.05) is 0 Å². The summed E-state index contributed by atoms with van der Waals surface area (Å²) in [6, 6.07) is 8.68. The lowest BCUT2D eigenvalue weighted by atomic mass is 10.0. The third kappa shape index (κ3) is 3.31. The molecule has 0 fully saturated rings. The van der Waals surface area contributed by atoms with Gasteiger partial charge in [0.25, 0.3) is 0 Å². The Bertz CT molecular complexity index is 955. The van der Waals surface area contributed by atoms with E-state index >= 15 is 0 Å². The molecular weight excluding hydrogens is 358 g/mol. The first kappa shape index (κ1) is 17.2. The lowest BCUT2D eigenvalue weighted by Gasteiger charge is -2.12. The van der Waals surface area contributed by atoms with Gasteiger partial charge in [-0.1, -0.05) is 37.3 Å². The van der Waals surface area contributed by atoms with Gasteiger partial charge in [-0.3, -0.25) is 4.57 Å². The maximum Gasteiger partial charge on any atom is 0.326 e. The second-order valence-corrected chi connectivity index (χ2v) is 7.02. The highest BCUT2D eigenvalue weighted by Gasteiger charge is 2.24. The molecule has 1 aromatic carbocycles. The molecule has 25 heavy (non-hydrogen) atoms. The van der Waals surface area contributed by atoms with E-state index in [0.29, 0.717) is 21.0 Å². The Hall–Kier alpha value is -2.58. The molecule has 2 N–H and O–H groups in total. The molecule has 6 nitrogen and oxygen atoms in total. The second kappa shape index (κ2) is 7.12. The molecule has 3 rings (SSSR count). The van der Waals surface area contributed by atoms with Crippen molar-refractivity contribution in [2.24, 2.45) is 10.2 Å². The third-order valence-corrected chi connectivity index (χ3v) is 5.13. The largest absolute Gasteiger partial charge is 0.493 e. The fourth-order valence-electron chi connectivity index (χ4n) is 2.57. The average Bonchev–Trinajstić information content (AvgIpc) is 3.16. The highest BCUT2D eigenvalue weighted by molar-refractivity contribution is 7.73. The van der Waals surface area contributed by atoms with E-state index in [-0.39, 0.29) is 5.88 Å². The van der Waals surface area contributed by atoms with Crippen molar-refractivity contribution in [2.45, 2.75) is 19.4 Å². The van der Waals surface area contributed by atoms with Crippen molar-refractivity contribution >= 4 is 47.5 Å². The summed E-state index contributed by atoms with van der Waals surface area (Å²) in [4.78, 5) is 11.9. The summed E-state index contributed by atoms with van der Waals surface area (Å²) in [6.45, 7) is 1.74. The standard InChI is InChI=1S/C17H15N3O3S2/c1-2-12(16(22)23)20-15(21)13(25-17(20)24)8-11-9-18-19-14(11)10-6-4-3-5-7-10/h3-9,12,21H,2H2,1H3,(H,22,23)/b11-8+/t12-/m0/s1. The molecule has 1 aromatic heterocycles. The number of nitrogens with zero attached hydrogens (tertiary/aromatic N) is 3. The first-order valence-electron chi connectivity index (χ1n) is 7.58. The lowest BCUT2D eigenvalue weighted by molar-refractivity contribution is -0.141. The van der Waals surface area contributed by atoms with Crippen molar-refractivity contribution in [3.8, 4) is 5.88 Å². The van der Waals surface area contributed by atoms with Crippen molar-refractivity contribution < 1.29 is 15.0 Å². The predicted octanol–water partition coefficient (Wildman–Crippen LogP) is 3.89. The molecule has 8 heteroatoms. The Morgan fingerprint density at radius 2 is 2.12 bits per heavy atom.